The number of aliphatic hydroxyl groups excluding tert-OH is 1. The SMILES string of the molecule is CC(C)C(CCO)NC1CCSCC1. The molecule has 1 atom stereocenters. The van der Waals surface area contributed by atoms with Crippen LogP contribution < -0.4 is 5.32 Å². The van der Waals surface area contributed by atoms with Crippen LogP contribution in [0.15, 0.2) is 0 Å². The lowest BCUT2D eigenvalue weighted by molar-refractivity contribution is 0.232. The van der Waals surface area contributed by atoms with Crippen molar-refractivity contribution < 1.29 is 5.11 Å². The van der Waals surface area contributed by atoms with Gasteiger partial charge in [-0.3, -0.25) is 0 Å². The summed E-state index contributed by atoms with van der Waals surface area (Å²) >= 11 is 2.06. The minimum atomic E-state index is 0.303. The minimum Gasteiger partial charge on any atom is -0.396 e. The Labute approximate surface area is 91.9 Å². The Kier molecular flexibility index (Phi) is 5.90. The van der Waals surface area contributed by atoms with E-state index in [-0.39, 0.29) is 0 Å². The smallest absolute Gasteiger partial charge is 0.0445 e. The first-order valence-electron chi connectivity index (χ1n) is 5.68. The Balaban J connectivity index is 2.29. The molecule has 0 aromatic rings. The quantitative estimate of drug-likeness (QED) is 0.737. The lowest BCUT2D eigenvalue weighted by atomic mass is 9.99. The van der Waals surface area contributed by atoms with Gasteiger partial charge in [0, 0.05) is 18.7 Å². The van der Waals surface area contributed by atoms with Crippen LogP contribution in [0.1, 0.15) is 33.1 Å². The molecule has 1 aliphatic heterocycles. The molecule has 1 aliphatic rings. The van der Waals surface area contributed by atoms with Gasteiger partial charge in [0.1, 0.15) is 0 Å². The molecule has 1 rings (SSSR count). The second-order valence-electron chi connectivity index (χ2n) is 4.42. The van der Waals surface area contributed by atoms with Gasteiger partial charge in [-0.2, -0.15) is 11.8 Å². The fourth-order valence-corrected chi connectivity index (χ4v) is 3.02. The highest BCUT2D eigenvalue weighted by Gasteiger charge is 2.19. The van der Waals surface area contributed by atoms with Gasteiger partial charge in [-0.15, -0.1) is 0 Å². The van der Waals surface area contributed by atoms with Crippen LogP contribution in [-0.4, -0.2) is 35.3 Å². The highest BCUT2D eigenvalue weighted by atomic mass is 32.2. The Hall–Kier alpha value is 0.270. The monoisotopic (exact) mass is 217 g/mol. The average molecular weight is 217 g/mol. The molecule has 0 saturated carbocycles. The van der Waals surface area contributed by atoms with Crippen molar-refractivity contribution in [2.75, 3.05) is 18.1 Å². The second kappa shape index (κ2) is 6.70. The van der Waals surface area contributed by atoms with Crippen molar-refractivity contribution in [3.63, 3.8) is 0 Å². The molecule has 0 radical (unpaired) electrons. The van der Waals surface area contributed by atoms with Crippen molar-refractivity contribution in [3.8, 4) is 0 Å². The molecule has 2 N–H and O–H groups in total. The van der Waals surface area contributed by atoms with E-state index in [1.165, 1.54) is 24.3 Å². The fraction of sp³-hybridized carbons (Fsp3) is 1.00. The van der Waals surface area contributed by atoms with Gasteiger partial charge in [0.25, 0.3) is 0 Å². The van der Waals surface area contributed by atoms with E-state index in [0.717, 1.165) is 6.42 Å². The third kappa shape index (κ3) is 4.20. The third-order valence-electron chi connectivity index (χ3n) is 2.92. The van der Waals surface area contributed by atoms with Gasteiger partial charge in [0.05, 0.1) is 0 Å². The van der Waals surface area contributed by atoms with E-state index in [1.807, 2.05) is 0 Å². The summed E-state index contributed by atoms with van der Waals surface area (Å²) in [6, 6.07) is 1.18. The number of nitrogens with one attached hydrogen (secondary N) is 1. The highest BCUT2D eigenvalue weighted by Crippen LogP contribution is 2.19. The molecule has 0 aromatic carbocycles. The van der Waals surface area contributed by atoms with E-state index in [2.05, 4.69) is 30.9 Å². The lowest BCUT2D eigenvalue weighted by Crippen LogP contribution is -2.43. The topological polar surface area (TPSA) is 32.3 Å². The number of hydrogen-bond acceptors (Lipinski definition) is 3. The molecule has 0 spiro atoms. The summed E-state index contributed by atoms with van der Waals surface area (Å²) < 4.78 is 0. The van der Waals surface area contributed by atoms with Gasteiger partial charge in [0.15, 0.2) is 0 Å². The molecule has 0 aliphatic carbocycles. The summed E-state index contributed by atoms with van der Waals surface area (Å²) in [6.45, 7) is 4.76. The molecule has 1 unspecified atom stereocenters. The van der Waals surface area contributed by atoms with Gasteiger partial charge in [-0.1, -0.05) is 13.8 Å². The van der Waals surface area contributed by atoms with E-state index in [1.54, 1.807) is 0 Å². The molecule has 2 nitrogen and oxygen atoms in total. The van der Waals surface area contributed by atoms with E-state index >= 15 is 0 Å². The van der Waals surface area contributed by atoms with Crippen LogP contribution in [0.2, 0.25) is 0 Å². The Morgan fingerprint density at radius 1 is 1.36 bits per heavy atom. The maximum absolute atomic E-state index is 8.97. The molecule has 1 fully saturated rings. The fourth-order valence-electron chi connectivity index (χ4n) is 1.92. The first-order chi connectivity index (χ1) is 6.74. The summed E-state index contributed by atoms with van der Waals surface area (Å²) in [5, 5.41) is 12.7. The molecule has 0 bridgehead atoms. The Morgan fingerprint density at radius 3 is 2.50 bits per heavy atom. The van der Waals surface area contributed by atoms with Crippen molar-refractivity contribution in [2.24, 2.45) is 5.92 Å². The first kappa shape index (κ1) is 12.3. The van der Waals surface area contributed by atoms with Crippen LogP contribution in [0.3, 0.4) is 0 Å². The highest BCUT2D eigenvalue weighted by molar-refractivity contribution is 7.99. The van der Waals surface area contributed by atoms with Crippen LogP contribution in [0.4, 0.5) is 0 Å². The van der Waals surface area contributed by atoms with Gasteiger partial charge in [-0.05, 0) is 36.7 Å². The van der Waals surface area contributed by atoms with Crippen LogP contribution in [0.5, 0.6) is 0 Å². The molecule has 0 amide bonds. The molecule has 84 valence electrons. The van der Waals surface area contributed by atoms with Gasteiger partial charge in [-0.25, -0.2) is 0 Å². The van der Waals surface area contributed by atoms with Gasteiger partial charge in [0.2, 0.25) is 0 Å². The van der Waals surface area contributed by atoms with E-state index in [0.29, 0.717) is 24.6 Å². The molecule has 0 aromatic heterocycles. The summed E-state index contributed by atoms with van der Waals surface area (Å²) in [4.78, 5) is 0. The zero-order chi connectivity index (χ0) is 10.4. The second-order valence-corrected chi connectivity index (χ2v) is 5.64. The van der Waals surface area contributed by atoms with E-state index in [4.69, 9.17) is 5.11 Å². The van der Waals surface area contributed by atoms with Crippen molar-refractivity contribution >= 4 is 11.8 Å². The molecular weight excluding hydrogens is 194 g/mol. The largest absolute Gasteiger partial charge is 0.396 e. The Bertz CT molecular complexity index is 146. The predicted octanol–water partition coefficient (Wildman–Crippen LogP) is 1.88. The zero-order valence-electron chi connectivity index (χ0n) is 9.33. The third-order valence-corrected chi connectivity index (χ3v) is 3.96. The van der Waals surface area contributed by atoms with Crippen molar-refractivity contribution in [1.82, 2.24) is 5.32 Å². The van der Waals surface area contributed by atoms with Gasteiger partial charge < -0.3 is 10.4 Å². The molecule has 14 heavy (non-hydrogen) atoms. The molecule has 1 heterocycles. The Morgan fingerprint density at radius 2 is 2.00 bits per heavy atom. The lowest BCUT2D eigenvalue weighted by Gasteiger charge is -2.30. The maximum Gasteiger partial charge on any atom is 0.0445 e. The zero-order valence-corrected chi connectivity index (χ0v) is 10.1. The average Bonchev–Trinajstić information content (AvgIpc) is 2.18. The van der Waals surface area contributed by atoms with Crippen LogP contribution in [0.25, 0.3) is 0 Å². The number of hydrogen-bond donors (Lipinski definition) is 2. The summed E-state index contributed by atoms with van der Waals surface area (Å²) in [5.74, 6) is 3.21. The van der Waals surface area contributed by atoms with Crippen molar-refractivity contribution in [2.45, 2.75) is 45.2 Å². The first-order valence-corrected chi connectivity index (χ1v) is 6.84. The molecule has 3 heteroatoms. The number of aliphatic hydroxyl groups is 1. The minimum absolute atomic E-state index is 0.303. The molecule has 1 saturated heterocycles. The predicted molar refractivity (Wildman–Crippen MR) is 63.8 cm³/mol. The summed E-state index contributed by atoms with van der Waals surface area (Å²) in [7, 11) is 0. The van der Waals surface area contributed by atoms with E-state index in [9.17, 15) is 0 Å². The number of thioether (sulfide) groups is 1. The van der Waals surface area contributed by atoms with Crippen LogP contribution in [0, 0.1) is 5.92 Å². The van der Waals surface area contributed by atoms with Crippen LogP contribution in [-0.2, 0) is 0 Å². The normalized spacial score (nSPS) is 21.4. The van der Waals surface area contributed by atoms with Crippen molar-refractivity contribution in [1.29, 1.82) is 0 Å². The maximum atomic E-state index is 8.97. The van der Waals surface area contributed by atoms with Crippen molar-refractivity contribution in [3.05, 3.63) is 0 Å². The van der Waals surface area contributed by atoms with E-state index < -0.39 is 0 Å². The summed E-state index contributed by atoms with van der Waals surface area (Å²) in [5.41, 5.74) is 0. The van der Waals surface area contributed by atoms with Gasteiger partial charge >= 0.3 is 0 Å². The number of rotatable bonds is 5. The summed E-state index contributed by atoms with van der Waals surface area (Å²) in [6.07, 6.45) is 3.47. The molecular formula is C11H23NOS. The standard InChI is InChI=1S/C11H23NOS/c1-9(2)11(3-6-13)12-10-4-7-14-8-5-10/h9-13H,3-8H2,1-2H3. The van der Waals surface area contributed by atoms with Crippen LogP contribution >= 0.6 is 11.8 Å².